The van der Waals surface area contributed by atoms with Crippen LogP contribution < -0.4 is 0 Å². The Morgan fingerprint density at radius 1 is 1.41 bits per heavy atom. The second-order valence-corrected chi connectivity index (χ2v) is 4.50. The molecule has 5 heteroatoms. The average Bonchev–Trinajstić information content (AvgIpc) is 2.96. The predicted octanol–water partition coefficient (Wildman–Crippen LogP) is 2.09. The van der Waals surface area contributed by atoms with E-state index in [4.69, 9.17) is 5.11 Å². The van der Waals surface area contributed by atoms with Crippen LogP contribution in [0.3, 0.4) is 0 Å². The van der Waals surface area contributed by atoms with Gasteiger partial charge in [0.1, 0.15) is 0 Å². The van der Waals surface area contributed by atoms with Gasteiger partial charge in [-0.05, 0) is 12.8 Å². The van der Waals surface area contributed by atoms with Crippen LogP contribution in [0.1, 0.15) is 47.7 Å². The number of carboxylic acid groups (broad SMARTS) is 1. The number of carboxylic acids is 1. The third-order valence-corrected chi connectivity index (χ3v) is 3.35. The Morgan fingerprint density at radius 2 is 2.18 bits per heavy atom. The van der Waals surface area contributed by atoms with Gasteiger partial charge in [-0.15, -0.1) is 0 Å². The Kier molecular flexibility index (Phi) is 2.31. The standard InChI is InChI=1S/C12H13N3O2/c16-12(17)9-6-13-11-5-10(14-15(11)7-9)8-3-1-2-4-8/h5-8H,1-4H2,(H,16,17). The van der Waals surface area contributed by atoms with Crippen molar-refractivity contribution in [2.45, 2.75) is 31.6 Å². The molecule has 0 aliphatic heterocycles. The zero-order chi connectivity index (χ0) is 11.8. The maximum Gasteiger partial charge on any atom is 0.338 e. The highest BCUT2D eigenvalue weighted by atomic mass is 16.4. The number of aromatic carboxylic acids is 1. The molecule has 0 atom stereocenters. The zero-order valence-corrected chi connectivity index (χ0v) is 9.33. The van der Waals surface area contributed by atoms with Crippen LogP contribution in [-0.2, 0) is 0 Å². The maximum atomic E-state index is 10.8. The number of hydrogen-bond donors (Lipinski definition) is 1. The molecule has 5 nitrogen and oxygen atoms in total. The highest BCUT2D eigenvalue weighted by molar-refractivity contribution is 5.87. The molecule has 0 spiro atoms. The van der Waals surface area contributed by atoms with Crippen LogP contribution in [0.4, 0.5) is 0 Å². The molecular weight excluding hydrogens is 218 g/mol. The normalized spacial score (nSPS) is 16.7. The molecule has 17 heavy (non-hydrogen) atoms. The summed E-state index contributed by atoms with van der Waals surface area (Å²) >= 11 is 0. The number of rotatable bonds is 2. The Labute approximate surface area is 98.1 Å². The van der Waals surface area contributed by atoms with Crippen molar-refractivity contribution in [2.24, 2.45) is 0 Å². The molecule has 2 heterocycles. The highest BCUT2D eigenvalue weighted by Crippen LogP contribution is 2.33. The van der Waals surface area contributed by atoms with Gasteiger partial charge in [0.15, 0.2) is 5.65 Å². The number of carbonyl (C=O) groups is 1. The van der Waals surface area contributed by atoms with Gasteiger partial charge in [-0.3, -0.25) is 0 Å². The summed E-state index contributed by atoms with van der Waals surface area (Å²) in [6, 6.07) is 1.96. The van der Waals surface area contributed by atoms with Gasteiger partial charge >= 0.3 is 5.97 Å². The lowest BCUT2D eigenvalue weighted by Gasteiger charge is -2.02. The number of fused-ring (bicyclic) bond motifs is 1. The molecule has 1 aliphatic rings. The maximum absolute atomic E-state index is 10.8. The minimum atomic E-state index is -0.975. The van der Waals surface area contributed by atoms with E-state index in [0.717, 1.165) is 11.3 Å². The Morgan fingerprint density at radius 3 is 2.88 bits per heavy atom. The first-order valence-corrected chi connectivity index (χ1v) is 5.82. The Balaban J connectivity index is 2.03. The van der Waals surface area contributed by atoms with Crippen molar-refractivity contribution < 1.29 is 9.90 Å². The van der Waals surface area contributed by atoms with Crippen molar-refractivity contribution in [3.63, 3.8) is 0 Å². The molecule has 2 aromatic heterocycles. The molecule has 0 amide bonds. The van der Waals surface area contributed by atoms with Crippen LogP contribution in [0.15, 0.2) is 18.5 Å². The molecule has 0 aromatic carbocycles. The molecule has 0 radical (unpaired) electrons. The molecule has 0 bridgehead atoms. The summed E-state index contributed by atoms with van der Waals surface area (Å²) in [4.78, 5) is 14.9. The van der Waals surface area contributed by atoms with Crippen molar-refractivity contribution in [1.82, 2.24) is 14.6 Å². The van der Waals surface area contributed by atoms with Gasteiger partial charge in [-0.25, -0.2) is 14.3 Å². The van der Waals surface area contributed by atoms with Crippen molar-refractivity contribution in [3.05, 3.63) is 29.7 Å². The summed E-state index contributed by atoms with van der Waals surface area (Å²) in [6.07, 6.45) is 7.75. The number of hydrogen-bond acceptors (Lipinski definition) is 3. The number of nitrogens with zero attached hydrogens (tertiary/aromatic N) is 3. The summed E-state index contributed by atoms with van der Waals surface area (Å²) in [7, 11) is 0. The predicted molar refractivity (Wildman–Crippen MR) is 61.2 cm³/mol. The first kappa shape index (κ1) is 10.3. The molecule has 0 unspecified atom stereocenters. The third kappa shape index (κ3) is 1.77. The molecule has 88 valence electrons. The first-order chi connectivity index (χ1) is 8.24. The zero-order valence-electron chi connectivity index (χ0n) is 9.33. The van der Waals surface area contributed by atoms with E-state index in [2.05, 4.69) is 10.1 Å². The van der Waals surface area contributed by atoms with Gasteiger partial charge in [0, 0.05) is 24.4 Å². The van der Waals surface area contributed by atoms with Crippen LogP contribution in [0.2, 0.25) is 0 Å². The fraction of sp³-hybridized carbons (Fsp3) is 0.417. The summed E-state index contributed by atoms with van der Waals surface area (Å²) in [5, 5.41) is 13.3. The summed E-state index contributed by atoms with van der Waals surface area (Å²) in [5.74, 6) is -0.456. The Bertz CT molecular complexity index is 570. The quantitative estimate of drug-likeness (QED) is 0.859. The molecule has 0 saturated heterocycles. The summed E-state index contributed by atoms with van der Waals surface area (Å²) in [6.45, 7) is 0. The van der Waals surface area contributed by atoms with E-state index >= 15 is 0 Å². The van der Waals surface area contributed by atoms with E-state index in [0.29, 0.717) is 5.92 Å². The molecule has 2 aromatic rings. The van der Waals surface area contributed by atoms with Crippen LogP contribution in [-0.4, -0.2) is 25.7 Å². The van der Waals surface area contributed by atoms with E-state index in [9.17, 15) is 4.79 Å². The fourth-order valence-corrected chi connectivity index (χ4v) is 2.43. The van der Waals surface area contributed by atoms with E-state index in [1.54, 1.807) is 4.52 Å². The summed E-state index contributed by atoms with van der Waals surface area (Å²) in [5.41, 5.74) is 1.92. The van der Waals surface area contributed by atoms with Crippen molar-refractivity contribution in [1.29, 1.82) is 0 Å². The summed E-state index contributed by atoms with van der Waals surface area (Å²) < 4.78 is 1.57. The Hall–Kier alpha value is -1.91. The van der Waals surface area contributed by atoms with Gasteiger partial charge in [0.2, 0.25) is 0 Å². The lowest BCUT2D eigenvalue weighted by molar-refractivity contribution is 0.0695. The lowest BCUT2D eigenvalue weighted by Crippen LogP contribution is -2.01. The van der Waals surface area contributed by atoms with Gasteiger partial charge in [0.25, 0.3) is 0 Å². The lowest BCUT2D eigenvalue weighted by atomic mass is 10.1. The largest absolute Gasteiger partial charge is 0.478 e. The molecule has 1 saturated carbocycles. The fourth-order valence-electron chi connectivity index (χ4n) is 2.43. The van der Waals surface area contributed by atoms with Crippen LogP contribution in [0.5, 0.6) is 0 Å². The minimum Gasteiger partial charge on any atom is -0.478 e. The van der Waals surface area contributed by atoms with E-state index in [-0.39, 0.29) is 5.56 Å². The monoisotopic (exact) mass is 231 g/mol. The smallest absolute Gasteiger partial charge is 0.338 e. The topological polar surface area (TPSA) is 67.5 Å². The average molecular weight is 231 g/mol. The van der Waals surface area contributed by atoms with E-state index in [1.807, 2.05) is 6.07 Å². The van der Waals surface area contributed by atoms with Crippen molar-refractivity contribution >= 4 is 11.6 Å². The van der Waals surface area contributed by atoms with Gasteiger partial charge in [0.05, 0.1) is 11.3 Å². The van der Waals surface area contributed by atoms with E-state index in [1.165, 1.54) is 38.1 Å². The molecule has 3 rings (SSSR count). The van der Waals surface area contributed by atoms with E-state index < -0.39 is 5.97 Å². The minimum absolute atomic E-state index is 0.165. The van der Waals surface area contributed by atoms with Crippen LogP contribution in [0.25, 0.3) is 5.65 Å². The van der Waals surface area contributed by atoms with Crippen molar-refractivity contribution in [3.8, 4) is 0 Å². The van der Waals surface area contributed by atoms with Gasteiger partial charge in [-0.2, -0.15) is 5.10 Å². The van der Waals surface area contributed by atoms with Gasteiger partial charge < -0.3 is 5.11 Å². The van der Waals surface area contributed by atoms with Crippen LogP contribution in [0, 0.1) is 0 Å². The van der Waals surface area contributed by atoms with Crippen LogP contribution >= 0.6 is 0 Å². The second kappa shape index (κ2) is 3.84. The highest BCUT2D eigenvalue weighted by Gasteiger charge is 2.20. The first-order valence-electron chi connectivity index (χ1n) is 5.82. The second-order valence-electron chi connectivity index (χ2n) is 4.50. The SMILES string of the molecule is O=C(O)c1cnc2cc(C3CCCC3)nn2c1. The molecule has 1 fully saturated rings. The number of aromatic nitrogens is 3. The third-order valence-electron chi connectivity index (χ3n) is 3.35. The van der Waals surface area contributed by atoms with Crippen molar-refractivity contribution in [2.75, 3.05) is 0 Å². The molecule has 1 aliphatic carbocycles. The van der Waals surface area contributed by atoms with Gasteiger partial charge in [-0.1, -0.05) is 12.8 Å². The molecule has 1 N–H and O–H groups in total. The molecular formula is C12H13N3O2.